The lowest BCUT2D eigenvalue weighted by Gasteiger charge is -2.32. The highest BCUT2D eigenvalue weighted by Gasteiger charge is 2.31. The van der Waals surface area contributed by atoms with Crippen molar-refractivity contribution in [3.8, 4) is 5.75 Å². The van der Waals surface area contributed by atoms with Crippen molar-refractivity contribution >= 4 is 51.9 Å². The molecule has 7 nitrogen and oxygen atoms in total. The summed E-state index contributed by atoms with van der Waals surface area (Å²) in [5.74, 6) is -1.44. The van der Waals surface area contributed by atoms with Gasteiger partial charge in [-0.25, -0.2) is 17.7 Å². The number of urea groups is 1. The Hall–Kier alpha value is -1.91. The molecule has 2 atom stereocenters. The average Bonchev–Trinajstić information content (AvgIpc) is 2.67. The second-order valence-corrected chi connectivity index (χ2v) is 8.30. The molecule has 1 aliphatic heterocycles. The van der Waals surface area contributed by atoms with E-state index in [1.165, 1.54) is 28.6 Å². The quantitative estimate of drug-likeness (QED) is 0.587. The van der Waals surface area contributed by atoms with Gasteiger partial charge in [-0.1, -0.05) is 29.3 Å². The molecule has 2 amide bonds. The Morgan fingerprint density at radius 1 is 1.28 bits per heavy atom. The topological polar surface area (TPSA) is 107 Å². The summed E-state index contributed by atoms with van der Waals surface area (Å²) in [7, 11) is 0. The predicted molar refractivity (Wildman–Crippen MR) is 111 cm³/mol. The number of halogens is 3. The molecule has 2 aromatic carbocycles. The highest BCUT2D eigenvalue weighted by Crippen LogP contribution is 2.45. The molecule has 1 heterocycles. The molecule has 0 bridgehead atoms. The zero-order chi connectivity index (χ0) is 21.3. The minimum atomic E-state index is -2.15. The fraction of sp³-hybridized carbons (Fsp3) is 0.278. The molecule has 0 aliphatic carbocycles. The lowest BCUT2D eigenvalue weighted by atomic mass is 9.90. The molecule has 11 heteroatoms. The van der Waals surface area contributed by atoms with Crippen LogP contribution in [0.3, 0.4) is 0 Å². The third kappa shape index (κ3) is 4.34. The van der Waals surface area contributed by atoms with Crippen molar-refractivity contribution in [3.05, 3.63) is 51.8 Å². The number of primary amides is 1. The van der Waals surface area contributed by atoms with Crippen molar-refractivity contribution in [3.63, 3.8) is 0 Å². The molecule has 2 unspecified atom stereocenters. The van der Waals surface area contributed by atoms with E-state index in [1.54, 1.807) is 0 Å². The third-order valence-electron chi connectivity index (χ3n) is 4.79. The molecular formula is C18H18Cl2FN3O4S. The number of anilines is 2. The lowest BCUT2D eigenvalue weighted by Crippen LogP contribution is -2.36. The van der Waals surface area contributed by atoms with E-state index in [0.29, 0.717) is 24.9 Å². The minimum Gasteiger partial charge on any atom is -0.505 e. The molecule has 2 aromatic rings. The zero-order valence-electron chi connectivity index (χ0n) is 15.0. The van der Waals surface area contributed by atoms with Crippen molar-refractivity contribution in [1.29, 1.82) is 0 Å². The molecule has 29 heavy (non-hydrogen) atoms. The van der Waals surface area contributed by atoms with E-state index in [1.807, 2.05) is 0 Å². The third-order valence-corrected chi connectivity index (χ3v) is 6.27. The molecule has 0 aromatic heterocycles. The summed E-state index contributed by atoms with van der Waals surface area (Å²) in [6.45, 7) is 0.626. The summed E-state index contributed by atoms with van der Waals surface area (Å²) < 4.78 is 36.1. The number of amides is 2. The van der Waals surface area contributed by atoms with E-state index in [-0.39, 0.29) is 39.6 Å². The molecule has 4 N–H and O–H groups in total. The summed E-state index contributed by atoms with van der Waals surface area (Å²) >= 11 is 10.2. The first kappa shape index (κ1) is 21.8. The van der Waals surface area contributed by atoms with Gasteiger partial charge in [-0.05, 0) is 37.1 Å². The van der Waals surface area contributed by atoms with Gasteiger partial charge in [-0.2, -0.15) is 0 Å². The van der Waals surface area contributed by atoms with Gasteiger partial charge in [0.25, 0.3) is 0 Å². The fourth-order valence-electron chi connectivity index (χ4n) is 3.49. The largest absolute Gasteiger partial charge is 0.505 e. The van der Waals surface area contributed by atoms with Crippen molar-refractivity contribution in [2.75, 3.05) is 18.0 Å². The van der Waals surface area contributed by atoms with Crippen LogP contribution in [0, 0.1) is 5.82 Å². The molecule has 3 rings (SSSR count). The second-order valence-electron chi connectivity index (χ2n) is 6.53. The van der Waals surface area contributed by atoms with Crippen molar-refractivity contribution in [2.24, 2.45) is 5.73 Å². The second kappa shape index (κ2) is 8.85. The number of hydrogen-bond donors (Lipinski definition) is 3. The standard InChI is InChI=1S/C18H18Cl2FN3O4S/c19-11-6-7-14(24(18(22)26)13-5-1-4-12(21)16(13)20)17(25)15(11)10-3-2-8-23(9-10)29(27)28/h1,4-7,10,25H,2-3,8-9H2,(H2,22,26)(H,27,28). The maximum Gasteiger partial charge on any atom is 0.324 e. The van der Waals surface area contributed by atoms with Gasteiger partial charge in [0.1, 0.15) is 16.6 Å². The Balaban J connectivity index is 2.10. The van der Waals surface area contributed by atoms with Crippen molar-refractivity contribution in [1.82, 2.24) is 4.31 Å². The number of phenols is 1. The Morgan fingerprint density at radius 3 is 2.66 bits per heavy atom. The Labute approximate surface area is 179 Å². The summed E-state index contributed by atoms with van der Waals surface area (Å²) in [6, 6.07) is 5.74. The number of nitrogens with zero attached hydrogens (tertiary/aromatic N) is 2. The SMILES string of the molecule is NC(=O)N(c1ccc(Cl)c(C2CCCN(S(=O)O)C2)c1O)c1cccc(F)c1Cl. The van der Waals surface area contributed by atoms with Gasteiger partial charge < -0.3 is 10.8 Å². The maximum absolute atomic E-state index is 13.9. The summed E-state index contributed by atoms with van der Waals surface area (Å²) in [5, 5.41) is 10.9. The Bertz CT molecular complexity index is 978. The van der Waals surface area contributed by atoms with Gasteiger partial charge in [0.05, 0.1) is 11.4 Å². The molecule has 1 saturated heterocycles. The summed E-state index contributed by atoms with van der Waals surface area (Å²) in [6.07, 6.45) is 1.23. The average molecular weight is 462 g/mol. The zero-order valence-corrected chi connectivity index (χ0v) is 17.3. The number of phenolic OH excluding ortho intramolecular Hbond substituents is 1. The molecule has 0 spiro atoms. The normalized spacial score (nSPS) is 18.4. The number of carbonyl (C=O) groups is 1. The summed E-state index contributed by atoms with van der Waals surface area (Å²) in [5.41, 5.74) is 5.76. The first-order chi connectivity index (χ1) is 13.7. The van der Waals surface area contributed by atoms with Crippen LogP contribution in [0.15, 0.2) is 30.3 Å². The predicted octanol–water partition coefficient (Wildman–Crippen LogP) is 4.37. The molecular weight excluding hydrogens is 444 g/mol. The number of aromatic hydroxyl groups is 1. The van der Waals surface area contributed by atoms with E-state index in [2.05, 4.69) is 0 Å². The fourth-order valence-corrected chi connectivity index (χ4v) is 4.60. The highest BCUT2D eigenvalue weighted by atomic mass is 35.5. The summed E-state index contributed by atoms with van der Waals surface area (Å²) in [4.78, 5) is 13.1. The number of hydrogen-bond acceptors (Lipinski definition) is 3. The van der Waals surface area contributed by atoms with Crippen LogP contribution in [0.4, 0.5) is 20.6 Å². The number of rotatable bonds is 4. The Morgan fingerprint density at radius 2 is 2.00 bits per heavy atom. The number of benzene rings is 2. The van der Waals surface area contributed by atoms with E-state index in [9.17, 15) is 23.1 Å². The van der Waals surface area contributed by atoms with Gasteiger partial charge in [-0.3, -0.25) is 9.45 Å². The van der Waals surface area contributed by atoms with E-state index >= 15 is 0 Å². The Kier molecular flexibility index (Phi) is 6.65. The van der Waals surface area contributed by atoms with Crippen LogP contribution < -0.4 is 10.6 Å². The van der Waals surface area contributed by atoms with Crippen LogP contribution in [0.1, 0.15) is 24.3 Å². The highest BCUT2D eigenvalue weighted by molar-refractivity contribution is 7.76. The number of piperidine rings is 1. The van der Waals surface area contributed by atoms with Crippen LogP contribution in [0.2, 0.25) is 10.0 Å². The molecule has 0 saturated carbocycles. The van der Waals surface area contributed by atoms with Gasteiger partial charge in [0, 0.05) is 29.6 Å². The van der Waals surface area contributed by atoms with Crippen LogP contribution in [-0.2, 0) is 11.3 Å². The monoisotopic (exact) mass is 461 g/mol. The van der Waals surface area contributed by atoms with E-state index < -0.39 is 23.1 Å². The van der Waals surface area contributed by atoms with Gasteiger partial charge in [0.2, 0.25) is 11.3 Å². The van der Waals surface area contributed by atoms with Crippen LogP contribution >= 0.6 is 23.2 Å². The first-order valence-electron chi connectivity index (χ1n) is 8.63. The minimum absolute atomic E-state index is 0.0216. The van der Waals surface area contributed by atoms with Crippen LogP contribution in [0.25, 0.3) is 0 Å². The molecule has 1 fully saturated rings. The number of carbonyl (C=O) groups excluding carboxylic acids is 1. The van der Waals surface area contributed by atoms with Crippen LogP contribution in [-0.4, -0.2) is 37.3 Å². The van der Waals surface area contributed by atoms with Gasteiger partial charge >= 0.3 is 6.03 Å². The first-order valence-corrected chi connectivity index (χ1v) is 10.4. The molecule has 1 aliphatic rings. The number of nitrogens with two attached hydrogens (primary N) is 1. The van der Waals surface area contributed by atoms with Gasteiger partial charge in [0.15, 0.2) is 0 Å². The molecule has 156 valence electrons. The molecule has 0 radical (unpaired) electrons. The maximum atomic E-state index is 13.9. The van der Waals surface area contributed by atoms with Crippen LogP contribution in [0.5, 0.6) is 5.75 Å². The van der Waals surface area contributed by atoms with E-state index in [4.69, 9.17) is 28.9 Å². The smallest absolute Gasteiger partial charge is 0.324 e. The lowest BCUT2D eigenvalue weighted by molar-refractivity contribution is 0.256. The van der Waals surface area contributed by atoms with Gasteiger partial charge in [-0.15, -0.1) is 0 Å². The van der Waals surface area contributed by atoms with Crippen molar-refractivity contribution in [2.45, 2.75) is 18.8 Å². The van der Waals surface area contributed by atoms with Crippen molar-refractivity contribution < 1.29 is 23.1 Å². The van der Waals surface area contributed by atoms with E-state index in [0.717, 1.165) is 11.0 Å².